The number of anilines is 1. The number of nitrogens with zero attached hydrogens (tertiary/aromatic N) is 2. The first-order valence-electron chi connectivity index (χ1n) is 8.85. The number of para-hydroxylation sites is 1. The molecule has 0 fully saturated rings. The number of hydrogen-bond acceptors (Lipinski definition) is 2. The minimum absolute atomic E-state index is 0.0961. The average molecular weight is 342 g/mol. The number of hydrazine groups is 1. The molecule has 0 bridgehead atoms. The summed E-state index contributed by atoms with van der Waals surface area (Å²) in [6.45, 7) is 0. The van der Waals surface area contributed by atoms with E-state index in [9.17, 15) is 4.79 Å². The van der Waals surface area contributed by atoms with E-state index in [1.165, 1.54) is 0 Å². The van der Waals surface area contributed by atoms with Gasteiger partial charge in [-0.15, -0.1) is 0 Å². The van der Waals surface area contributed by atoms with Crippen molar-refractivity contribution in [1.82, 2.24) is 5.01 Å². The highest BCUT2D eigenvalue weighted by atomic mass is 16.2. The Kier molecular flexibility index (Phi) is 4.09. The van der Waals surface area contributed by atoms with Crippen LogP contribution < -0.4 is 5.01 Å². The molecule has 1 aliphatic rings. The van der Waals surface area contributed by atoms with E-state index in [0.717, 1.165) is 22.4 Å². The Balaban J connectivity index is 1.98. The number of benzene rings is 3. The summed E-state index contributed by atoms with van der Waals surface area (Å²) in [6.07, 6.45) is 0.637. The van der Waals surface area contributed by atoms with E-state index in [4.69, 9.17) is 0 Å². The van der Waals surface area contributed by atoms with Crippen molar-refractivity contribution >= 4 is 11.6 Å². The molecule has 130 valence electrons. The Morgan fingerprint density at radius 2 is 1.38 bits per heavy atom. The monoisotopic (exact) mass is 342 g/mol. The molecule has 0 unspecified atom stereocenters. The van der Waals surface area contributed by atoms with Crippen molar-refractivity contribution < 1.29 is 4.79 Å². The number of fused-ring (bicyclic) bond motifs is 1. The van der Waals surface area contributed by atoms with Crippen LogP contribution in [0, 0.1) is 0 Å². The number of rotatable bonds is 4. The standard InChI is InChI=1S/C23H22N2O/c1-24(2)25-21-16-10-9-15-20(21)23(22(25)26,19-13-7-4-8-14-19)17-18-11-5-3-6-12-18/h3-16H,17H2,1-2H3/t23-/m0/s1. The van der Waals surface area contributed by atoms with Crippen molar-refractivity contribution in [2.75, 3.05) is 19.1 Å². The smallest absolute Gasteiger partial charge is 0.257 e. The highest BCUT2D eigenvalue weighted by Gasteiger charge is 2.52. The Morgan fingerprint density at radius 3 is 2.04 bits per heavy atom. The maximum absolute atomic E-state index is 13.8. The van der Waals surface area contributed by atoms with Crippen molar-refractivity contribution in [3.8, 4) is 0 Å². The number of amides is 1. The maximum atomic E-state index is 13.8. The topological polar surface area (TPSA) is 23.6 Å². The summed E-state index contributed by atoms with van der Waals surface area (Å²) in [5, 5.41) is 3.67. The molecule has 3 aromatic carbocycles. The second-order valence-corrected chi connectivity index (χ2v) is 6.92. The van der Waals surface area contributed by atoms with Crippen LogP contribution in [0.4, 0.5) is 5.69 Å². The molecule has 1 atom stereocenters. The van der Waals surface area contributed by atoms with Crippen LogP contribution in [0.15, 0.2) is 84.9 Å². The average Bonchev–Trinajstić information content (AvgIpc) is 2.92. The van der Waals surface area contributed by atoms with E-state index < -0.39 is 5.41 Å². The zero-order chi connectivity index (χ0) is 18.1. The van der Waals surface area contributed by atoms with Gasteiger partial charge in [0.25, 0.3) is 5.91 Å². The van der Waals surface area contributed by atoms with Crippen LogP contribution in [0.2, 0.25) is 0 Å². The van der Waals surface area contributed by atoms with Gasteiger partial charge < -0.3 is 0 Å². The molecule has 1 aliphatic heterocycles. The minimum atomic E-state index is -0.719. The van der Waals surface area contributed by atoms with E-state index in [2.05, 4.69) is 30.3 Å². The summed E-state index contributed by atoms with van der Waals surface area (Å²) in [5.74, 6) is 0.0961. The fourth-order valence-corrected chi connectivity index (χ4v) is 4.00. The number of hydrogen-bond donors (Lipinski definition) is 0. The third-order valence-electron chi connectivity index (χ3n) is 5.13. The van der Waals surface area contributed by atoms with Gasteiger partial charge >= 0.3 is 0 Å². The third kappa shape index (κ3) is 2.44. The van der Waals surface area contributed by atoms with E-state index in [1.54, 1.807) is 5.01 Å². The number of carbonyl (C=O) groups excluding carboxylic acids is 1. The molecule has 0 saturated carbocycles. The summed E-state index contributed by atoms with van der Waals surface area (Å²) < 4.78 is 0. The molecule has 1 heterocycles. The van der Waals surface area contributed by atoms with E-state index in [0.29, 0.717) is 6.42 Å². The van der Waals surface area contributed by atoms with E-state index >= 15 is 0 Å². The second kappa shape index (κ2) is 6.43. The fourth-order valence-electron chi connectivity index (χ4n) is 4.00. The minimum Gasteiger partial charge on any atom is -0.272 e. The van der Waals surface area contributed by atoms with Crippen molar-refractivity contribution in [3.63, 3.8) is 0 Å². The molecule has 0 aliphatic carbocycles. The summed E-state index contributed by atoms with van der Waals surface area (Å²) in [5.41, 5.74) is 3.49. The molecule has 0 saturated heterocycles. The van der Waals surface area contributed by atoms with Crippen molar-refractivity contribution in [2.45, 2.75) is 11.8 Å². The first kappa shape index (κ1) is 16.6. The first-order valence-corrected chi connectivity index (χ1v) is 8.85. The summed E-state index contributed by atoms with van der Waals surface area (Å²) in [4.78, 5) is 13.8. The summed E-state index contributed by atoms with van der Waals surface area (Å²) >= 11 is 0. The van der Waals surface area contributed by atoms with Crippen LogP contribution in [0.25, 0.3) is 0 Å². The van der Waals surface area contributed by atoms with Gasteiger partial charge in [0.2, 0.25) is 0 Å². The van der Waals surface area contributed by atoms with Crippen LogP contribution in [0.3, 0.4) is 0 Å². The predicted molar refractivity (Wildman–Crippen MR) is 105 cm³/mol. The molecule has 4 rings (SSSR count). The van der Waals surface area contributed by atoms with Gasteiger partial charge in [-0.1, -0.05) is 78.9 Å². The van der Waals surface area contributed by atoms with Crippen molar-refractivity contribution in [3.05, 3.63) is 102 Å². The molecule has 0 N–H and O–H groups in total. The van der Waals surface area contributed by atoms with Gasteiger partial charge in [-0.3, -0.25) is 4.79 Å². The molecule has 3 nitrogen and oxygen atoms in total. The first-order chi connectivity index (χ1) is 12.6. The second-order valence-electron chi connectivity index (χ2n) is 6.92. The van der Waals surface area contributed by atoms with Crippen LogP contribution in [0.1, 0.15) is 16.7 Å². The van der Waals surface area contributed by atoms with Gasteiger partial charge in [-0.25, -0.2) is 10.0 Å². The molecular weight excluding hydrogens is 320 g/mol. The van der Waals surface area contributed by atoms with Crippen molar-refractivity contribution in [2.24, 2.45) is 0 Å². The van der Waals surface area contributed by atoms with Gasteiger partial charge in [-0.2, -0.15) is 0 Å². The van der Waals surface area contributed by atoms with E-state index in [1.807, 2.05) is 73.7 Å². The van der Waals surface area contributed by atoms with Gasteiger partial charge in [0, 0.05) is 14.1 Å². The predicted octanol–water partition coefficient (Wildman–Crippen LogP) is 4.04. The summed E-state index contributed by atoms with van der Waals surface area (Å²) in [6, 6.07) is 28.5. The lowest BCUT2D eigenvalue weighted by molar-refractivity contribution is -0.124. The third-order valence-corrected chi connectivity index (χ3v) is 5.13. The molecule has 3 aromatic rings. The normalized spacial score (nSPS) is 19.0. The van der Waals surface area contributed by atoms with Crippen LogP contribution >= 0.6 is 0 Å². The van der Waals surface area contributed by atoms with Gasteiger partial charge in [0.1, 0.15) is 5.41 Å². The zero-order valence-corrected chi connectivity index (χ0v) is 15.1. The van der Waals surface area contributed by atoms with E-state index in [-0.39, 0.29) is 5.91 Å². The van der Waals surface area contributed by atoms with Gasteiger partial charge in [-0.05, 0) is 29.2 Å². The highest BCUT2D eigenvalue weighted by Crippen LogP contribution is 2.48. The lowest BCUT2D eigenvalue weighted by Crippen LogP contribution is -2.48. The van der Waals surface area contributed by atoms with Crippen LogP contribution in [0.5, 0.6) is 0 Å². The quantitative estimate of drug-likeness (QED) is 0.714. The molecule has 0 spiro atoms. The lowest BCUT2D eigenvalue weighted by Gasteiger charge is -2.31. The molecule has 0 radical (unpaired) electrons. The molecule has 26 heavy (non-hydrogen) atoms. The Morgan fingerprint density at radius 1 is 0.808 bits per heavy atom. The Labute approximate surface area is 154 Å². The highest BCUT2D eigenvalue weighted by molar-refractivity contribution is 6.10. The molecule has 1 amide bonds. The largest absolute Gasteiger partial charge is 0.272 e. The molecular formula is C23H22N2O. The van der Waals surface area contributed by atoms with Crippen LogP contribution in [-0.2, 0) is 16.6 Å². The fraction of sp³-hybridized carbons (Fsp3) is 0.174. The van der Waals surface area contributed by atoms with Gasteiger partial charge in [0.15, 0.2) is 0 Å². The number of carbonyl (C=O) groups is 1. The zero-order valence-electron chi connectivity index (χ0n) is 15.1. The molecule has 3 heteroatoms. The molecule has 0 aromatic heterocycles. The van der Waals surface area contributed by atoms with Crippen LogP contribution in [-0.4, -0.2) is 25.0 Å². The Bertz CT molecular complexity index is 921. The van der Waals surface area contributed by atoms with Gasteiger partial charge in [0.05, 0.1) is 5.69 Å². The Hall–Kier alpha value is -2.91. The maximum Gasteiger partial charge on any atom is 0.257 e. The summed E-state index contributed by atoms with van der Waals surface area (Å²) in [7, 11) is 3.83. The lowest BCUT2D eigenvalue weighted by atomic mass is 9.71. The SMILES string of the molecule is CN(C)N1C(=O)[C@@](Cc2ccccc2)(c2ccccc2)c2ccccc21. The van der Waals surface area contributed by atoms with Crippen molar-refractivity contribution in [1.29, 1.82) is 0 Å².